The minimum absolute atomic E-state index is 0.0961. The van der Waals surface area contributed by atoms with Crippen LogP contribution in [0.5, 0.6) is 5.75 Å². The number of hydrogen-bond acceptors (Lipinski definition) is 6. The first-order chi connectivity index (χ1) is 13.8. The van der Waals surface area contributed by atoms with Gasteiger partial charge in [0.1, 0.15) is 23.2 Å². The number of carboxylic acid groups (broad SMARTS) is 1. The topological polar surface area (TPSA) is 110 Å². The zero-order chi connectivity index (χ0) is 21.0. The number of nitrogens with one attached hydrogen (secondary N) is 1. The van der Waals surface area contributed by atoms with Crippen molar-refractivity contribution in [2.24, 2.45) is 10.7 Å². The zero-order valence-electron chi connectivity index (χ0n) is 15.9. The second-order valence-corrected chi connectivity index (χ2v) is 6.55. The first-order valence-electron chi connectivity index (χ1n) is 8.92. The lowest BCUT2D eigenvalue weighted by Gasteiger charge is -2.13. The number of anilines is 1. The number of benzene rings is 1. The van der Waals surface area contributed by atoms with Crippen LogP contribution in [0.15, 0.2) is 47.9 Å². The fourth-order valence-electron chi connectivity index (χ4n) is 3.02. The van der Waals surface area contributed by atoms with E-state index in [2.05, 4.69) is 21.9 Å². The van der Waals surface area contributed by atoms with Gasteiger partial charge in [-0.2, -0.15) is 0 Å². The zero-order valence-corrected chi connectivity index (χ0v) is 15.9. The van der Waals surface area contributed by atoms with E-state index >= 15 is 0 Å². The van der Waals surface area contributed by atoms with Crippen LogP contribution in [-0.2, 0) is 13.0 Å². The number of nitrogens with zero attached hydrogens (tertiary/aromatic N) is 2. The highest BCUT2D eigenvalue weighted by atomic mass is 19.1. The molecule has 0 spiro atoms. The van der Waals surface area contributed by atoms with Gasteiger partial charge in [-0.3, -0.25) is 0 Å². The van der Waals surface area contributed by atoms with Gasteiger partial charge in [-0.1, -0.05) is 6.58 Å². The van der Waals surface area contributed by atoms with Gasteiger partial charge in [-0.25, -0.2) is 19.2 Å². The molecule has 1 aliphatic heterocycles. The summed E-state index contributed by atoms with van der Waals surface area (Å²) >= 11 is 0. The van der Waals surface area contributed by atoms with Crippen LogP contribution in [-0.4, -0.2) is 28.9 Å². The Labute approximate surface area is 167 Å². The third-order valence-electron chi connectivity index (χ3n) is 4.38. The largest absolute Gasteiger partial charge is 0.492 e. The van der Waals surface area contributed by atoms with Crippen molar-refractivity contribution in [1.82, 2.24) is 4.98 Å². The molecule has 0 aliphatic carbocycles. The number of allylic oxidation sites excluding steroid dienone is 2. The van der Waals surface area contributed by atoms with E-state index in [1.807, 2.05) is 6.92 Å². The molecule has 29 heavy (non-hydrogen) atoms. The molecule has 8 heteroatoms. The number of hydrogen-bond donors (Lipinski definition) is 3. The molecule has 0 unspecified atom stereocenters. The molecular weight excluding hydrogens is 375 g/mol. The first-order valence-corrected chi connectivity index (χ1v) is 8.92. The number of halogens is 1. The van der Waals surface area contributed by atoms with E-state index in [9.17, 15) is 9.18 Å². The third kappa shape index (κ3) is 4.78. The molecule has 0 saturated heterocycles. The summed E-state index contributed by atoms with van der Waals surface area (Å²) in [4.78, 5) is 19.5. The van der Waals surface area contributed by atoms with Gasteiger partial charge in [-0.15, -0.1) is 0 Å². The molecule has 0 bridgehead atoms. The summed E-state index contributed by atoms with van der Waals surface area (Å²) in [6, 6.07) is 3.71. The van der Waals surface area contributed by atoms with Crippen molar-refractivity contribution in [1.29, 1.82) is 0 Å². The number of ether oxygens (including phenoxy) is 1. The maximum Gasteiger partial charge on any atom is 0.335 e. The molecule has 7 nitrogen and oxygen atoms in total. The molecule has 2 heterocycles. The molecular formula is C21H21FN4O3. The van der Waals surface area contributed by atoms with Crippen LogP contribution < -0.4 is 15.8 Å². The van der Waals surface area contributed by atoms with Crippen LogP contribution in [0.1, 0.15) is 34.0 Å². The molecule has 0 saturated carbocycles. The summed E-state index contributed by atoms with van der Waals surface area (Å²) in [6.07, 6.45) is 5.74. The quantitative estimate of drug-likeness (QED) is 0.619. The van der Waals surface area contributed by atoms with Crippen LogP contribution >= 0.6 is 0 Å². The average Bonchev–Trinajstić information content (AvgIpc) is 3.15. The van der Waals surface area contributed by atoms with Crippen molar-refractivity contribution in [3.8, 4) is 5.75 Å². The molecule has 1 aliphatic rings. The number of carbonyl (C=O) groups is 1. The SMILES string of the molecule is C=C(N)N=C/C=C(\C)c1cnc(NCc2cc(F)cc(C(=O)O)c2)c2c1OCC2. The van der Waals surface area contributed by atoms with Gasteiger partial charge in [0.25, 0.3) is 0 Å². The minimum atomic E-state index is -1.17. The number of fused-ring (bicyclic) bond motifs is 1. The summed E-state index contributed by atoms with van der Waals surface area (Å²) in [5, 5.41) is 12.2. The summed E-state index contributed by atoms with van der Waals surface area (Å²) in [7, 11) is 0. The predicted octanol–water partition coefficient (Wildman–Crippen LogP) is 3.37. The normalized spacial score (nSPS) is 13.2. The maximum absolute atomic E-state index is 13.7. The van der Waals surface area contributed by atoms with E-state index in [0.29, 0.717) is 24.4 Å². The fourth-order valence-corrected chi connectivity index (χ4v) is 3.02. The van der Waals surface area contributed by atoms with E-state index in [0.717, 1.165) is 28.5 Å². The van der Waals surface area contributed by atoms with Crippen molar-refractivity contribution in [2.75, 3.05) is 11.9 Å². The summed E-state index contributed by atoms with van der Waals surface area (Å²) in [6.45, 7) is 6.19. The number of rotatable bonds is 7. The monoisotopic (exact) mass is 396 g/mol. The Hall–Kier alpha value is -3.68. The van der Waals surface area contributed by atoms with E-state index < -0.39 is 11.8 Å². The molecule has 0 atom stereocenters. The van der Waals surface area contributed by atoms with Crippen molar-refractivity contribution < 1.29 is 19.0 Å². The Bertz CT molecular complexity index is 1030. The highest BCUT2D eigenvalue weighted by Crippen LogP contribution is 2.37. The van der Waals surface area contributed by atoms with Crippen molar-refractivity contribution in [3.05, 3.63) is 70.9 Å². The Morgan fingerprint density at radius 2 is 2.28 bits per heavy atom. The molecule has 0 fully saturated rings. The highest BCUT2D eigenvalue weighted by Gasteiger charge is 2.22. The van der Waals surface area contributed by atoms with Crippen molar-refractivity contribution in [2.45, 2.75) is 19.9 Å². The molecule has 150 valence electrons. The minimum Gasteiger partial charge on any atom is -0.492 e. The van der Waals surface area contributed by atoms with Crippen LogP contribution in [0.4, 0.5) is 10.2 Å². The first kappa shape index (κ1) is 20.1. The van der Waals surface area contributed by atoms with Crippen molar-refractivity contribution >= 4 is 23.6 Å². The lowest BCUT2D eigenvalue weighted by Crippen LogP contribution is -2.06. The van der Waals surface area contributed by atoms with Crippen LogP contribution in [0.2, 0.25) is 0 Å². The van der Waals surface area contributed by atoms with Crippen molar-refractivity contribution in [3.63, 3.8) is 0 Å². The second kappa shape index (κ2) is 8.55. The number of aromatic carboxylic acids is 1. The smallest absolute Gasteiger partial charge is 0.335 e. The summed E-state index contributed by atoms with van der Waals surface area (Å²) in [5.41, 5.74) is 8.51. The Balaban J connectivity index is 1.83. The third-order valence-corrected chi connectivity index (χ3v) is 4.38. The molecule has 0 amide bonds. The maximum atomic E-state index is 13.7. The Kier molecular flexibility index (Phi) is 5.92. The van der Waals surface area contributed by atoms with Gasteiger partial charge in [0.2, 0.25) is 0 Å². The molecule has 3 rings (SSSR count). The molecule has 0 radical (unpaired) electrons. The number of nitrogens with two attached hydrogens (primary N) is 1. The molecule has 1 aromatic heterocycles. The standard InChI is InChI=1S/C21H21FN4O3/c1-12(3-5-24-13(2)23)18-11-26-20(17-4-6-29-19(17)18)25-10-14-7-15(21(27)28)9-16(22)8-14/h3,5,7-9,11H,2,4,6,10,23H2,1H3,(H,25,26)(H,27,28)/b12-3+,24-5?. The average molecular weight is 396 g/mol. The van der Waals surface area contributed by atoms with Gasteiger partial charge >= 0.3 is 5.97 Å². The van der Waals surface area contributed by atoms with E-state index in [1.54, 1.807) is 18.5 Å². The van der Waals surface area contributed by atoms with E-state index in [4.69, 9.17) is 15.6 Å². The number of aromatic nitrogens is 1. The van der Waals surface area contributed by atoms with Crippen LogP contribution in [0.25, 0.3) is 5.57 Å². The van der Waals surface area contributed by atoms with Gasteiger partial charge < -0.3 is 20.9 Å². The van der Waals surface area contributed by atoms with Gasteiger partial charge in [0.05, 0.1) is 12.2 Å². The van der Waals surface area contributed by atoms with Gasteiger partial charge in [0, 0.05) is 36.5 Å². The van der Waals surface area contributed by atoms with E-state index in [1.165, 1.54) is 12.1 Å². The number of pyridine rings is 1. The lowest BCUT2D eigenvalue weighted by molar-refractivity contribution is 0.0696. The second-order valence-electron chi connectivity index (χ2n) is 6.55. The highest BCUT2D eigenvalue weighted by molar-refractivity contribution is 5.88. The lowest BCUT2D eigenvalue weighted by atomic mass is 10.0. The van der Waals surface area contributed by atoms with Crippen LogP contribution in [0, 0.1) is 5.82 Å². The molecule has 2 aromatic rings. The summed E-state index contributed by atoms with van der Waals surface area (Å²) in [5.74, 6) is -0.190. The Morgan fingerprint density at radius 1 is 1.48 bits per heavy atom. The molecule has 4 N–H and O–H groups in total. The van der Waals surface area contributed by atoms with Gasteiger partial charge in [-0.05, 0) is 42.3 Å². The molecule has 1 aromatic carbocycles. The fraction of sp³-hybridized carbons (Fsp3) is 0.190. The number of carboxylic acids is 1. The van der Waals surface area contributed by atoms with Gasteiger partial charge in [0.15, 0.2) is 0 Å². The van der Waals surface area contributed by atoms with E-state index in [-0.39, 0.29) is 17.9 Å². The Morgan fingerprint density at radius 3 is 3.00 bits per heavy atom. The number of aliphatic imine (C=N–C) groups is 1. The van der Waals surface area contributed by atoms with Crippen LogP contribution in [0.3, 0.4) is 0 Å². The summed E-state index contributed by atoms with van der Waals surface area (Å²) < 4.78 is 19.5. The predicted molar refractivity (Wildman–Crippen MR) is 110 cm³/mol.